The van der Waals surface area contributed by atoms with Crippen molar-refractivity contribution in [2.75, 3.05) is 40.8 Å². The fourth-order valence-electron chi connectivity index (χ4n) is 1.50. The van der Waals surface area contributed by atoms with E-state index < -0.39 is 0 Å². The smallest absolute Gasteiger partial charge is 0.243 e. The van der Waals surface area contributed by atoms with Crippen molar-refractivity contribution >= 4 is 17.8 Å². The van der Waals surface area contributed by atoms with Gasteiger partial charge in [-0.3, -0.25) is 9.59 Å². The molecule has 0 spiro atoms. The highest BCUT2D eigenvalue weighted by atomic mass is 16.2. The van der Waals surface area contributed by atoms with Gasteiger partial charge < -0.3 is 20.4 Å². The van der Waals surface area contributed by atoms with Gasteiger partial charge in [0.05, 0.1) is 6.54 Å². The Balaban J connectivity index is 4.68. The minimum atomic E-state index is -0.270. The molecule has 7 nitrogen and oxygen atoms in total. The fourth-order valence-corrected chi connectivity index (χ4v) is 1.50. The third kappa shape index (κ3) is 8.88. The summed E-state index contributed by atoms with van der Waals surface area (Å²) in [5, 5.41) is 5.96. The number of carbonyl (C=O) groups excluding carboxylic acids is 2. The predicted molar refractivity (Wildman–Crippen MR) is 85.2 cm³/mol. The van der Waals surface area contributed by atoms with Crippen LogP contribution in [-0.4, -0.2) is 73.9 Å². The Labute approximate surface area is 127 Å². The lowest BCUT2D eigenvalue weighted by Crippen LogP contribution is -2.49. The SMILES string of the molecule is CCNC(=NCC(=O)N(C)C)N(C)CC(=O)NC(C)(C)C. The van der Waals surface area contributed by atoms with E-state index in [1.54, 1.807) is 26.0 Å². The highest BCUT2D eigenvalue weighted by Gasteiger charge is 2.17. The van der Waals surface area contributed by atoms with Gasteiger partial charge in [-0.05, 0) is 27.7 Å². The second-order valence-electron chi connectivity index (χ2n) is 6.11. The van der Waals surface area contributed by atoms with E-state index in [9.17, 15) is 9.59 Å². The highest BCUT2D eigenvalue weighted by molar-refractivity contribution is 5.88. The first-order valence-corrected chi connectivity index (χ1v) is 7.07. The summed E-state index contributed by atoms with van der Waals surface area (Å²) in [6, 6.07) is 0. The molecule has 0 fully saturated rings. The van der Waals surface area contributed by atoms with Gasteiger partial charge in [0.15, 0.2) is 5.96 Å². The van der Waals surface area contributed by atoms with Crippen molar-refractivity contribution in [3.63, 3.8) is 0 Å². The molecule has 0 radical (unpaired) electrons. The Morgan fingerprint density at radius 3 is 2.14 bits per heavy atom. The molecule has 0 aromatic carbocycles. The van der Waals surface area contributed by atoms with E-state index in [2.05, 4.69) is 15.6 Å². The maximum Gasteiger partial charge on any atom is 0.243 e. The summed E-state index contributed by atoms with van der Waals surface area (Å²) in [5.74, 6) is 0.365. The number of amides is 2. The van der Waals surface area contributed by atoms with Gasteiger partial charge in [-0.2, -0.15) is 0 Å². The molecule has 0 atom stereocenters. The molecular weight excluding hydrogens is 270 g/mol. The molecule has 0 aromatic rings. The summed E-state index contributed by atoms with van der Waals surface area (Å²) < 4.78 is 0. The van der Waals surface area contributed by atoms with Crippen molar-refractivity contribution in [3.05, 3.63) is 0 Å². The number of hydrogen-bond acceptors (Lipinski definition) is 3. The van der Waals surface area contributed by atoms with Crippen LogP contribution in [0.15, 0.2) is 4.99 Å². The molecule has 0 unspecified atom stereocenters. The maximum atomic E-state index is 11.9. The second-order valence-corrected chi connectivity index (χ2v) is 6.11. The van der Waals surface area contributed by atoms with Crippen LogP contribution in [0.5, 0.6) is 0 Å². The number of likely N-dealkylation sites (N-methyl/N-ethyl adjacent to an activating group) is 2. The fraction of sp³-hybridized carbons (Fsp3) is 0.786. The normalized spacial score (nSPS) is 11.9. The van der Waals surface area contributed by atoms with E-state index >= 15 is 0 Å². The Morgan fingerprint density at radius 1 is 1.14 bits per heavy atom. The lowest BCUT2D eigenvalue weighted by molar-refractivity contribution is -0.127. The quantitative estimate of drug-likeness (QED) is 0.548. The van der Waals surface area contributed by atoms with Gasteiger partial charge in [-0.1, -0.05) is 0 Å². The molecule has 0 saturated carbocycles. The molecule has 0 aliphatic carbocycles. The van der Waals surface area contributed by atoms with Crippen LogP contribution < -0.4 is 10.6 Å². The Morgan fingerprint density at radius 2 is 1.71 bits per heavy atom. The summed E-state index contributed by atoms with van der Waals surface area (Å²) in [7, 11) is 5.14. The molecule has 0 aliphatic rings. The van der Waals surface area contributed by atoms with Crippen molar-refractivity contribution in [1.29, 1.82) is 0 Å². The number of nitrogens with one attached hydrogen (secondary N) is 2. The topological polar surface area (TPSA) is 77.0 Å². The van der Waals surface area contributed by atoms with Crippen molar-refractivity contribution in [2.24, 2.45) is 4.99 Å². The van der Waals surface area contributed by atoms with Gasteiger partial charge in [-0.15, -0.1) is 0 Å². The largest absolute Gasteiger partial charge is 0.356 e. The van der Waals surface area contributed by atoms with Crippen molar-refractivity contribution in [3.8, 4) is 0 Å². The number of aliphatic imine (C=N–C) groups is 1. The third-order valence-corrected chi connectivity index (χ3v) is 2.45. The first-order chi connectivity index (χ1) is 9.56. The summed E-state index contributed by atoms with van der Waals surface area (Å²) in [5.41, 5.74) is -0.270. The van der Waals surface area contributed by atoms with Crippen LogP contribution in [0.25, 0.3) is 0 Å². The first-order valence-electron chi connectivity index (χ1n) is 7.07. The zero-order valence-electron chi connectivity index (χ0n) is 14.3. The molecular formula is C14H29N5O2. The van der Waals surface area contributed by atoms with Crippen molar-refractivity contribution in [1.82, 2.24) is 20.4 Å². The minimum Gasteiger partial charge on any atom is -0.356 e. The highest BCUT2D eigenvalue weighted by Crippen LogP contribution is 1.98. The monoisotopic (exact) mass is 299 g/mol. The number of guanidine groups is 1. The van der Waals surface area contributed by atoms with Crippen LogP contribution in [0.2, 0.25) is 0 Å². The van der Waals surface area contributed by atoms with Gasteiger partial charge in [0.2, 0.25) is 11.8 Å². The van der Waals surface area contributed by atoms with Crippen LogP contribution in [0.4, 0.5) is 0 Å². The number of nitrogens with zero attached hydrogens (tertiary/aromatic N) is 3. The summed E-state index contributed by atoms with van der Waals surface area (Å²) >= 11 is 0. The van der Waals surface area contributed by atoms with E-state index in [4.69, 9.17) is 0 Å². The number of carbonyl (C=O) groups is 2. The van der Waals surface area contributed by atoms with Gasteiger partial charge in [0, 0.05) is 33.2 Å². The van der Waals surface area contributed by atoms with Crippen LogP contribution in [0.3, 0.4) is 0 Å². The minimum absolute atomic E-state index is 0.0561. The van der Waals surface area contributed by atoms with Crippen molar-refractivity contribution < 1.29 is 9.59 Å². The molecule has 2 N–H and O–H groups in total. The molecule has 0 aromatic heterocycles. The van der Waals surface area contributed by atoms with E-state index in [1.165, 1.54) is 4.90 Å². The zero-order valence-corrected chi connectivity index (χ0v) is 14.3. The molecule has 0 bridgehead atoms. The van der Waals surface area contributed by atoms with E-state index in [1.807, 2.05) is 27.7 Å². The summed E-state index contributed by atoms with van der Waals surface area (Å²) in [6.45, 7) is 8.63. The first kappa shape index (κ1) is 19.2. The standard InChI is InChI=1S/C14H29N5O2/c1-8-15-13(16-9-12(21)18(5)6)19(7)10-11(20)17-14(2,3)4/h8-10H2,1-7H3,(H,15,16)(H,17,20). The summed E-state index contributed by atoms with van der Waals surface area (Å²) in [6.07, 6.45) is 0. The zero-order chi connectivity index (χ0) is 16.6. The lowest BCUT2D eigenvalue weighted by Gasteiger charge is -2.25. The van der Waals surface area contributed by atoms with E-state index in [0.29, 0.717) is 12.5 Å². The Bertz CT molecular complexity index is 385. The molecule has 7 heteroatoms. The van der Waals surface area contributed by atoms with E-state index in [0.717, 1.165) is 0 Å². The third-order valence-electron chi connectivity index (χ3n) is 2.45. The lowest BCUT2D eigenvalue weighted by atomic mass is 10.1. The van der Waals surface area contributed by atoms with Crippen LogP contribution >= 0.6 is 0 Å². The van der Waals surface area contributed by atoms with Crippen molar-refractivity contribution in [2.45, 2.75) is 33.2 Å². The van der Waals surface area contributed by atoms with Crippen LogP contribution in [0, 0.1) is 0 Å². The van der Waals surface area contributed by atoms with E-state index in [-0.39, 0.29) is 30.4 Å². The Hall–Kier alpha value is -1.79. The maximum absolute atomic E-state index is 11.9. The number of hydrogen-bond donors (Lipinski definition) is 2. The van der Waals surface area contributed by atoms with Gasteiger partial charge in [0.1, 0.15) is 6.54 Å². The van der Waals surface area contributed by atoms with Crippen LogP contribution in [0.1, 0.15) is 27.7 Å². The Kier molecular flexibility index (Phi) is 7.76. The molecule has 0 heterocycles. The van der Waals surface area contributed by atoms with Gasteiger partial charge in [-0.25, -0.2) is 4.99 Å². The predicted octanol–water partition coefficient (Wildman–Crippen LogP) is -0.113. The average molecular weight is 299 g/mol. The average Bonchev–Trinajstić information content (AvgIpc) is 2.30. The molecule has 0 aliphatic heterocycles. The summed E-state index contributed by atoms with van der Waals surface area (Å²) in [4.78, 5) is 30.9. The molecule has 0 rings (SSSR count). The second kappa shape index (κ2) is 8.49. The molecule has 0 saturated heterocycles. The van der Waals surface area contributed by atoms with Gasteiger partial charge in [0.25, 0.3) is 0 Å². The molecule has 21 heavy (non-hydrogen) atoms. The van der Waals surface area contributed by atoms with Gasteiger partial charge >= 0.3 is 0 Å². The number of rotatable bonds is 5. The molecule has 122 valence electrons. The molecule has 2 amide bonds. The van der Waals surface area contributed by atoms with Crippen LogP contribution in [-0.2, 0) is 9.59 Å².